The molecule has 2 aromatic rings. The maximum Gasteiger partial charge on any atom is 0.310 e. The Hall–Kier alpha value is -2.36. The van der Waals surface area contributed by atoms with Crippen molar-refractivity contribution in [2.75, 3.05) is 11.9 Å². The zero-order valence-electron chi connectivity index (χ0n) is 14.7. The van der Waals surface area contributed by atoms with Crippen molar-refractivity contribution >= 4 is 39.8 Å². The molecule has 0 saturated heterocycles. The second kappa shape index (κ2) is 9.03. The number of carbonyl (C=O) groups excluding carboxylic acids is 2. The maximum atomic E-state index is 12.2. The summed E-state index contributed by atoms with van der Waals surface area (Å²) < 4.78 is 5.04. The van der Waals surface area contributed by atoms with Gasteiger partial charge in [0.15, 0.2) is 6.61 Å². The van der Waals surface area contributed by atoms with Crippen molar-refractivity contribution in [2.24, 2.45) is 0 Å². The van der Waals surface area contributed by atoms with Crippen LogP contribution in [0.5, 0.6) is 0 Å². The summed E-state index contributed by atoms with van der Waals surface area (Å²) in [6.45, 7) is -0.392. The molecule has 5 nitrogen and oxygen atoms in total. The molecule has 27 heavy (non-hydrogen) atoms. The summed E-state index contributed by atoms with van der Waals surface area (Å²) in [5.74, 6) is -0.976. The number of thiophene rings is 1. The molecule has 0 spiro atoms. The van der Waals surface area contributed by atoms with E-state index in [0.29, 0.717) is 21.2 Å². The lowest BCUT2D eigenvalue weighted by atomic mass is 10.1. The van der Waals surface area contributed by atoms with Crippen LogP contribution in [0, 0.1) is 11.3 Å². The molecule has 1 amide bonds. The van der Waals surface area contributed by atoms with Gasteiger partial charge in [-0.05, 0) is 42.9 Å². The van der Waals surface area contributed by atoms with Crippen LogP contribution in [0.15, 0.2) is 24.3 Å². The van der Waals surface area contributed by atoms with Gasteiger partial charge in [0.1, 0.15) is 11.1 Å². The molecule has 0 bridgehead atoms. The molecule has 1 aliphatic rings. The van der Waals surface area contributed by atoms with Crippen LogP contribution in [0.3, 0.4) is 0 Å². The molecule has 0 radical (unpaired) electrons. The van der Waals surface area contributed by atoms with Crippen molar-refractivity contribution in [1.82, 2.24) is 0 Å². The van der Waals surface area contributed by atoms with Crippen LogP contribution in [0.25, 0.3) is 0 Å². The minimum atomic E-state index is -0.527. The zero-order chi connectivity index (χ0) is 19.2. The number of hydrogen-bond acceptors (Lipinski definition) is 5. The van der Waals surface area contributed by atoms with Gasteiger partial charge in [0.05, 0.1) is 12.0 Å². The van der Waals surface area contributed by atoms with Gasteiger partial charge < -0.3 is 10.1 Å². The first-order valence-corrected chi connectivity index (χ1v) is 10.0. The summed E-state index contributed by atoms with van der Waals surface area (Å²) in [6, 6.07) is 9.21. The Labute approximate surface area is 166 Å². The fourth-order valence-electron chi connectivity index (χ4n) is 3.11. The molecule has 0 aliphatic heterocycles. The van der Waals surface area contributed by atoms with Crippen molar-refractivity contribution in [2.45, 2.75) is 38.5 Å². The van der Waals surface area contributed by atoms with E-state index in [9.17, 15) is 14.9 Å². The number of nitriles is 1. The smallest absolute Gasteiger partial charge is 0.310 e. The first kappa shape index (κ1) is 19.4. The summed E-state index contributed by atoms with van der Waals surface area (Å²) in [4.78, 5) is 25.3. The topological polar surface area (TPSA) is 79.2 Å². The van der Waals surface area contributed by atoms with E-state index in [2.05, 4.69) is 11.4 Å². The van der Waals surface area contributed by atoms with Crippen LogP contribution in [-0.2, 0) is 33.6 Å². The Bertz CT molecular complexity index is 901. The van der Waals surface area contributed by atoms with Crippen LogP contribution >= 0.6 is 22.9 Å². The molecule has 0 atom stereocenters. The second-order valence-corrected chi connectivity index (χ2v) is 7.87. The van der Waals surface area contributed by atoms with E-state index in [1.807, 2.05) is 0 Å². The summed E-state index contributed by atoms with van der Waals surface area (Å²) in [6.07, 6.45) is 5.14. The number of ether oxygens (including phenoxy) is 1. The third-order valence-electron chi connectivity index (χ3n) is 4.44. The van der Waals surface area contributed by atoms with Gasteiger partial charge >= 0.3 is 5.97 Å². The standard InChI is InChI=1S/C20H19ClN2O3S/c21-16-8-5-4-6-13(16)10-19(25)26-12-18(24)23-20-15(11-22)14-7-2-1-3-9-17(14)27-20/h4-6,8H,1-3,7,9-10,12H2,(H,23,24). The van der Waals surface area contributed by atoms with Crippen LogP contribution < -0.4 is 5.32 Å². The summed E-state index contributed by atoms with van der Waals surface area (Å²) >= 11 is 7.47. The first-order chi connectivity index (χ1) is 13.1. The number of carbonyl (C=O) groups is 2. The van der Waals surface area contributed by atoms with E-state index in [0.717, 1.165) is 37.7 Å². The number of nitrogens with zero attached hydrogens (tertiary/aromatic N) is 1. The number of fused-ring (bicyclic) bond motifs is 1. The van der Waals surface area contributed by atoms with Crippen molar-refractivity contribution in [3.05, 3.63) is 50.9 Å². The van der Waals surface area contributed by atoms with Crippen molar-refractivity contribution in [3.8, 4) is 6.07 Å². The highest BCUT2D eigenvalue weighted by Gasteiger charge is 2.21. The lowest BCUT2D eigenvalue weighted by Crippen LogP contribution is -2.21. The summed E-state index contributed by atoms with van der Waals surface area (Å²) in [7, 11) is 0. The van der Waals surface area contributed by atoms with Gasteiger partial charge in [0.2, 0.25) is 0 Å². The average Bonchev–Trinajstić information content (AvgIpc) is 2.81. The number of rotatable bonds is 5. The Morgan fingerprint density at radius 3 is 2.78 bits per heavy atom. The van der Waals surface area contributed by atoms with Gasteiger partial charge in [-0.2, -0.15) is 5.26 Å². The van der Waals surface area contributed by atoms with Gasteiger partial charge in [-0.3, -0.25) is 9.59 Å². The summed E-state index contributed by atoms with van der Waals surface area (Å²) in [5.41, 5.74) is 2.26. The normalized spacial score (nSPS) is 13.2. The third kappa shape index (κ3) is 4.88. The Morgan fingerprint density at radius 1 is 1.22 bits per heavy atom. The lowest BCUT2D eigenvalue weighted by molar-refractivity contribution is -0.146. The quantitative estimate of drug-likeness (QED) is 0.598. The molecule has 0 saturated carbocycles. The van der Waals surface area contributed by atoms with Gasteiger partial charge in [-0.15, -0.1) is 11.3 Å². The molecule has 1 aromatic heterocycles. The molecule has 1 heterocycles. The molecular formula is C20H19ClN2O3S. The fraction of sp³-hybridized carbons (Fsp3) is 0.350. The molecule has 1 N–H and O–H groups in total. The van der Waals surface area contributed by atoms with E-state index in [1.54, 1.807) is 24.3 Å². The van der Waals surface area contributed by atoms with E-state index in [1.165, 1.54) is 16.2 Å². The van der Waals surface area contributed by atoms with Gasteiger partial charge in [-0.1, -0.05) is 36.2 Å². The molecular weight excluding hydrogens is 384 g/mol. The highest BCUT2D eigenvalue weighted by molar-refractivity contribution is 7.16. The number of aryl methyl sites for hydroxylation is 1. The molecule has 0 fully saturated rings. The van der Waals surface area contributed by atoms with Gasteiger partial charge in [0, 0.05) is 9.90 Å². The zero-order valence-corrected chi connectivity index (χ0v) is 16.3. The Kier molecular flexibility index (Phi) is 6.49. The molecule has 140 valence electrons. The molecule has 3 rings (SSSR count). The molecule has 1 aliphatic carbocycles. The number of hydrogen-bond donors (Lipinski definition) is 1. The van der Waals surface area contributed by atoms with Crippen LogP contribution in [-0.4, -0.2) is 18.5 Å². The highest BCUT2D eigenvalue weighted by Crippen LogP contribution is 2.36. The second-order valence-electron chi connectivity index (χ2n) is 6.36. The first-order valence-electron chi connectivity index (χ1n) is 8.82. The maximum absolute atomic E-state index is 12.2. The lowest BCUT2D eigenvalue weighted by Gasteiger charge is -2.07. The van der Waals surface area contributed by atoms with Crippen molar-refractivity contribution in [1.29, 1.82) is 5.26 Å². The molecule has 7 heteroatoms. The average molecular weight is 403 g/mol. The van der Waals surface area contributed by atoms with Gasteiger partial charge in [-0.25, -0.2) is 0 Å². The number of esters is 1. The van der Waals surface area contributed by atoms with Crippen LogP contribution in [0.1, 0.15) is 40.8 Å². The minimum Gasteiger partial charge on any atom is -0.455 e. The fourth-order valence-corrected chi connectivity index (χ4v) is 4.56. The Balaban J connectivity index is 1.57. The van der Waals surface area contributed by atoms with Crippen LogP contribution in [0.2, 0.25) is 5.02 Å². The number of halogens is 1. The number of nitrogens with one attached hydrogen (secondary N) is 1. The van der Waals surface area contributed by atoms with E-state index in [4.69, 9.17) is 16.3 Å². The monoisotopic (exact) mass is 402 g/mol. The largest absolute Gasteiger partial charge is 0.455 e. The summed E-state index contributed by atoms with van der Waals surface area (Å²) in [5, 5.41) is 13.2. The van der Waals surface area contributed by atoms with E-state index in [-0.39, 0.29) is 6.42 Å². The SMILES string of the molecule is N#Cc1c(NC(=O)COC(=O)Cc2ccccc2Cl)sc2c1CCCCC2. The predicted octanol–water partition coefficient (Wildman–Crippen LogP) is 4.27. The third-order valence-corrected chi connectivity index (χ3v) is 6.02. The van der Waals surface area contributed by atoms with Gasteiger partial charge in [0.25, 0.3) is 5.91 Å². The van der Waals surface area contributed by atoms with Crippen LogP contribution in [0.4, 0.5) is 5.00 Å². The number of amides is 1. The number of benzene rings is 1. The Morgan fingerprint density at radius 2 is 2.00 bits per heavy atom. The highest BCUT2D eigenvalue weighted by atomic mass is 35.5. The van der Waals surface area contributed by atoms with Crippen molar-refractivity contribution < 1.29 is 14.3 Å². The number of anilines is 1. The molecule has 0 unspecified atom stereocenters. The minimum absolute atomic E-state index is 0.00367. The predicted molar refractivity (Wildman–Crippen MR) is 105 cm³/mol. The van der Waals surface area contributed by atoms with Crippen molar-refractivity contribution in [3.63, 3.8) is 0 Å². The molecule has 1 aromatic carbocycles. The van der Waals surface area contributed by atoms with E-state index >= 15 is 0 Å². The van der Waals surface area contributed by atoms with E-state index < -0.39 is 18.5 Å².